The molecule has 0 saturated heterocycles. The van der Waals surface area contributed by atoms with Crippen LogP contribution in [0.3, 0.4) is 0 Å². The van der Waals surface area contributed by atoms with Crippen molar-refractivity contribution in [2.24, 2.45) is 0 Å². The van der Waals surface area contributed by atoms with E-state index in [2.05, 4.69) is 9.69 Å². The Morgan fingerprint density at radius 1 is 1.33 bits per heavy atom. The minimum atomic E-state index is -4.16. The minimum absolute atomic E-state index is 0.0121. The van der Waals surface area contributed by atoms with Crippen LogP contribution in [-0.2, 0) is 9.84 Å². The van der Waals surface area contributed by atoms with Gasteiger partial charge in [-0.15, -0.1) is 0 Å². The topological polar surface area (TPSA) is 85.1 Å². The van der Waals surface area contributed by atoms with Gasteiger partial charge in [-0.05, 0) is 30.8 Å². The second-order valence-electron chi connectivity index (χ2n) is 4.54. The van der Waals surface area contributed by atoms with E-state index in [4.69, 9.17) is 5.73 Å². The number of hydrogen-bond acceptors (Lipinski definition) is 6. The van der Waals surface area contributed by atoms with Gasteiger partial charge < -0.3 is 11.1 Å². The largest absolute Gasteiger partial charge is 0.389 e. The van der Waals surface area contributed by atoms with Gasteiger partial charge in [-0.1, -0.05) is 6.92 Å². The van der Waals surface area contributed by atoms with Gasteiger partial charge >= 0.3 is 6.18 Å². The van der Waals surface area contributed by atoms with Crippen LogP contribution in [0.25, 0.3) is 0 Å². The average Bonchev–Trinajstić information content (AvgIpc) is 2.69. The van der Waals surface area contributed by atoms with Crippen LogP contribution >= 0.6 is 11.5 Å². The highest BCUT2D eigenvalue weighted by molar-refractivity contribution is 7.91. The summed E-state index contributed by atoms with van der Waals surface area (Å²) in [5, 5.41) is 3.11. The van der Waals surface area contributed by atoms with Gasteiger partial charge in [0.1, 0.15) is 9.90 Å². The number of nitrogens with two attached hydrogens (primary N) is 1. The van der Waals surface area contributed by atoms with Crippen molar-refractivity contribution < 1.29 is 21.6 Å². The molecule has 1 aromatic rings. The molecular formula is C11H18F3N3O2S2. The number of nitrogen functional groups attached to an aromatic ring is 1. The van der Waals surface area contributed by atoms with Crippen LogP contribution in [-0.4, -0.2) is 31.3 Å². The van der Waals surface area contributed by atoms with Gasteiger partial charge in [-0.2, -0.15) is 17.5 Å². The van der Waals surface area contributed by atoms with Gasteiger partial charge in [-0.3, -0.25) is 0 Å². The molecule has 3 N–H and O–H groups in total. The number of anilines is 2. The molecule has 10 heteroatoms. The Balaban J connectivity index is 2.61. The van der Waals surface area contributed by atoms with E-state index in [0.29, 0.717) is 11.4 Å². The lowest BCUT2D eigenvalue weighted by Gasteiger charge is -2.08. The van der Waals surface area contributed by atoms with Crippen LogP contribution in [0.15, 0.2) is 4.90 Å². The lowest BCUT2D eigenvalue weighted by Crippen LogP contribution is -2.12. The summed E-state index contributed by atoms with van der Waals surface area (Å²) in [4.78, 5) is -0.0369. The van der Waals surface area contributed by atoms with Crippen LogP contribution in [0.2, 0.25) is 0 Å². The van der Waals surface area contributed by atoms with Gasteiger partial charge in [0, 0.05) is 13.0 Å². The van der Waals surface area contributed by atoms with E-state index in [1.165, 1.54) is 0 Å². The highest BCUT2D eigenvalue weighted by Gasteiger charge is 2.26. The van der Waals surface area contributed by atoms with Gasteiger partial charge in [0.2, 0.25) is 0 Å². The average molecular weight is 345 g/mol. The first-order valence-electron chi connectivity index (χ1n) is 6.46. The van der Waals surface area contributed by atoms with E-state index in [-0.39, 0.29) is 35.9 Å². The number of rotatable bonds is 8. The van der Waals surface area contributed by atoms with Crippen LogP contribution in [0, 0.1) is 0 Å². The van der Waals surface area contributed by atoms with E-state index in [1.807, 2.05) is 0 Å². The molecule has 0 saturated carbocycles. The summed E-state index contributed by atoms with van der Waals surface area (Å²) in [6.07, 6.45) is -4.29. The quantitative estimate of drug-likeness (QED) is 0.707. The first-order valence-corrected chi connectivity index (χ1v) is 8.88. The standard InChI is InChI=1S/C11H18F3N3O2S2/c1-2-7-21(18,19)8-9(15)17-20-10(8)16-6-4-3-5-11(12,13)14/h16H,2-7H2,1H3,(H2,15,17). The molecule has 1 heterocycles. The van der Waals surface area contributed by atoms with Gasteiger partial charge in [-0.25, -0.2) is 8.42 Å². The molecule has 0 bridgehead atoms. The molecule has 0 aliphatic rings. The molecule has 0 atom stereocenters. The molecule has 0 aromatic carbocycles. The molecule has 0 amide bonds. The zero-order chi connectivity index (χ0) is 16.1. The maximum atomic E-state index is 12.1. The molecule has 1 rings (SSSR count). The van der Waals surface area contributed by atoms with E-state index >= 15 is 0 Å². The second kappa shape index (κ2) is 7.30. The van der Waals surface area contributed by atoms with Crippen LogP contribution in [0.1, 0.15) is 32.6 Å². The summed E-state index contributed by atoms with van der Waals surface area (Å²) in [5.41, 5.74) is 5.58. The normalized spacial score (nSPS) is 12.6. The van der Waals surface area contributed by atoms with Crippen molar-refractivity contribution in [1.82, 2.24) is 4.37 Å². The van der Waals surface area contributed by atoms with E-state index in [0.717, 1.165) is 11.5 Å². The smallest absolute Gasteiger partial charge is 0.382 e. The summed E-state index contributed by atoms with van der Waals surface area (Å²) in [6, 6.07) is 0. The highest BCUT2D eigenvalue weighted by Crippen LogP contribution is 2.32. The molecule has 1 aromatic heterocycles. The third kappa shape index (κ3) is 5.70. The van der Waals surface area contributed by atoms with Crippen molar-refractivity contribution in [3.05, 3.63) is 0 Å². The van der Waals surface area contributed by atoms with Crippen molar-refractivity contribution in [1.29, 1.82) is 0 Å². The number of aromatic nitrogens is 1. The Morgan fingerprint density at radius 2 is 2.00 bits per heavy atom. The first-order chi connectivity index (χ1) is 9.67. The zero-order valence-electron chi connectivity index (χ0n) is 11.5. The van der Waals surface area contributed by atoms with Crippen molar-refractivity contribution >= 4 is 32.2 Å². The van der Waals surface area contributed by atoms with Crippen LogP contribution in [0.5, 0.6) is 0 Å². The summed E-state index contributed by atoms with van der Waals surface area (Å²) in [5.74, 6) is -0.107. The molecule has 0 fully saturated rings. The summed E-state index contributed by atoms with van der Waals surface area (Å²) >= 11 is 0.905. The highest BCUT2D eigenvalue weighted by atomic mass is 32.2. The number of alkyl halides is 3. The zero-order valence-corrected chi connectivity index (χ0v) is 13.2. The fourth-order valence-corrected chi connectivity index (χ4v) is 4.38. The number of nitrogens with zero attached hydrogens (tertiary/aromatic N) is 1. The number of nitrogens with one attached hydrogen (secondary N) is 1. The van der Waals surface area contributed by atoms with Crippen LogP contribution in [0.4, 0.5) is 24.0 Å². The van der Waals surface area contributed by atoms with Gasteiger partial charge in [0.05, 0.1) is 5.75 Å². The summed E-state index contributed by atoms with van der Waals surface area (Å²) in [7, 11) is -3.51. The Bertz CT molecular complexity index is 556. The molecule has 0 spiro atoms. The predicted octanol–water partition coefficient (Wildman–Crippen LogP) is 3.05. The molecule has 122 valence electrons. The van der Waals surface area contributed by atoms with Gasteiger partial charge in [0.15, 0.2) is 15.7 Å². The van der Waals surface area contributed by atoms with Crippen molar-refractivity contribution in [2.45, 2.75) is 43.7 Å². The van der Waals surface area contributed by atoms with Gasteiger partial charge in [0.25, 0.3) is 0 Å². The fourth-order valence-electron chi connectivity index (χ4n) is 1.73. The third-order valence-corrected chi connectivity index (χ3v) is 5.56. The predicted molar refractivity (Wildman–Crippen MR) is 77.3 cm³/mol. The Kier molecular flexibility index (Phi) is 6.26. The maximum absolute atomic E-state index is 12.1. The molecule has 0 aliphatic heterocycles. The first kappa shape index (κ1) is 18.0. The van der Waals surface area contributed by atoms with E-state index in [1.54, 1.807) is 6.92 Å². The molecule has 0 radical (unpaired) electrons. The van der Waals surface area contributed by atoms with E-state index in [9.17, 15) is 21.6 Å². The number of sulfone groups is 1. The molecule has 5 nitrogen and oxygen atoms in total. The summed E-state index contributed by atoms with van der Waals surface area (Å²) in [6.45, 7) is 1.98. The van der Waals surface area contributed by atoms with Crippen molar-refractivity contribution in [3.8, 4) is 0 Å². The molecular weight excluding hydrogens is 327 g/mol. The number of unbranched alkanes of at least 4 members (excludes halogenated alkanes) is 1. The van der Waals surface area contributed by atoms with Crippen molar-refractivity contribution in [2.75, 3.05) is 23.3 Å². The minimum Gasteiger partial charge on any atom is -0.382 e. The number of halogens is 3. The maximum Gasteiger partial charge on any atom is 0.389 e. The van der Waals surface area contributed by atoms with E-state index < -0.39 is 22.4 Å². The summed E-state index contributed by atoms with van der Waals surface area (Å²) < 4.78 is 63.9. The van der Waals surface area contributed by atoms with Crippen LogP contribution < -0.4 is 11.1 Å². The Hall–Kier alpha value is -1.03. The second-order valence-corrected chi connectivity index (χ2v) is 7.36. The molecule has 21 heavy (non-hydrogen) atoms. The number of hydrogen-bond donors (Lipinski definition) is 2. The SMILES string of the molecule is CCCS(=O)(=O)c1c(N)nsc1NCCCCC(F)(F)F. The Morgan fingerprint density at radius 3 is 2.57 bits per heavy atom. The molecule has 0 aliphatic carbocycles. The van der Waals surface area contributed by atoms with Crippen molar-refractivity contribution in [3.63, 3.8) is 0 Å². The molecule has 0 unspecified atom stereocenters. The Labute approximate surface area is 125 Å². The monoisotopic (exact) mass is 345 g/mol. The lowest BCUT2D eigenvalue weighted by atomic mass is 10.2. The lowest BCUT2D eigenvalue weighted by molar-refractivity contribution is -0.135. The fraction of sp³-hybridized carbons (Fsp3) is 0.727. The third-order valence-electron chi connectivity index (χ3n) is 2.63.